The minimum Gasteiger partial charge on any atom is -0.369 e. The highest BCUT2D eigenvalue weighted by molar-refractivity contribution is 7.84. The monoisotopic (exact) mass is 251 g/mol. The molecule has 2 atom stereocenters. The lowest BCUT2D eigenvalue weighted by atomic mass is 10.2. The fraction of sp³-hybridized carbons (Fsp3) is 0.500. The molecule has 0 saturated heterocycles. The molecule has 17 heavy (non-hydrogen) atoms. The Bertz CT molecular complexity index is 454. The van der Waals surface area contributed by atoms with Crippen molar-refractivity contribution in [1.82, 2.24) is 4.98 Å². The molecule has 1 rings (SSSR count). The highest BCUT2D eigenvalue weighted by atomic mass is 32.2. The molecule has 4 nitrogen and oxygen atoms in total. The molecule has 0 saturated carbocycles. The largest absolute Gasteiger partial charge is 0.369 e. The van der Waals surface area contributed by atoms with Gasteiger partial charge in [0.15, 0.2) is 0 Å². The SMILES string of the molecule is Cc1ccc(C#N)c(NCCC(C)S(C)=O)n1. The number of hydrogen-bond acceptors (Lipinski definition) is 4. The summed E-state index contributed by atoms with van der Waals surface area (Å²) in [7, 11) is -0.805. The van der Waals surface area contributed by atoms with E-state index in [1.807, 2.05) is 19.9 Å². The van der Waals surface area contributed by atoms with Gasteiger partial charge in [-0.15, -0.1) is 0 Å². The summed E-state index contributed by atoms with van der Waals surface area (Å²) in [5, 5.41) is 12.2. The lowest BCUT2D eigenvalue weighted by molar-refractivity contribution is 0.672. The Morgan fingerprint density at radius 2 is 2.29 bits per heavy atom. The molecule has 0 spiro atoms. The van der Waals surface area contributed by atoms with Gasteiger partial charge in [-0.05, 0) is 25.5 Å². The van der Waals surface area contributed by atoms with E-state index >= 15 is 0 Å². The number of nitrogens with one attached hydrogen (secondary N) is 1. The van der Waals surface area contributed by atoms with Crippen LogP contribution in [0.5, 0.6) is 0 Å². The van der Waals surface area contributed by atoms with Crippen LogP contribution in [-0.2, 0) is 10.8 Å². The molecule has 0 amide bonds. The van der Waals surface area contributed by atoms with Gasteiger partial charge in [0.2, 0.25) is 0 Å². The molecule has 0 radical (unpaired) electrons. The Hall–Kier alpha value is -1.41. The van der Waals surface area contributed by atoms with Crippen LogP contribution in [0.25, 0.3) is 0 Å². The van der Waals surface area contributed by atoms with Gasteiger partial charge in [0.25, 0.3) is 0 Å². The third-order valence-corrected chi connectivity index (χ3v) is 3.93. The summed E-state index contributed by atoms with van der Waals surface area (Å²) in [6.45, 7) is 4.51. The maximum absolute atomic E-state index is 11.2. The van der Waals surface area contributed by atoms with E-state index < -0.39 is 10.8 Å². The maximum atomic E-state index is 11.2. The van der Waals surface area contributed by atoms with Crippen LogP contribution < -0.4 is 5.32 Å². The van der Waals surface area contributed by atoms with Gasteiger partial charge in [0, 0.05) is 34.5 Å². The fourth-order valence-corrected chi connectivity index (χ4v) is 1.79. The zero-order valence-corrected chi connectivity index (χ0v) is 11.2. The second kappa shape index (κ2) is 6.36. The van der Waals surface area contributed by atoms with Crippen molar-refractivity contribution >= 4 is 16.6 Å². The smallest absolute Gasteiger partial charge is 0.144 e. The van der Waals surface area contributed by atoms with Crippen LogP contribution in [0.1, 0.15) is 24.6 Å². The van der Waals surface area contributed by atoms with Crippen molar-refractivity contribution in [1.29, 1.82) is 5.26 Å². The topological polar surface area (TPSA) is 65.8 Å². The molecule has 1 N–H and O–H groups in total. The number of nitriles is 1. The second-order valence-corrected chi connectivity index (χ2v) is 5.79. The van der Waals surface area contributed by atoms with Gasteiger partial charge in [0.05, 0.1) is 5.56 Å². The summed E-state index contributed by atoms with van der Waals surface area (Å²) >= 11 is 0. The van der Waals surface area contributed by atoms with Crippen molar-refractivity contribution in [2.75, 3.05) is 18.1 Å². The lowest BCUT2D eigenvalue weighted by Gasteiger charge is -2.10. The van der Waals surface area contributed by atoms with Crippen LogP contribution in [0.4, 0.5) is 5.82 Å². The fourth-order valence-electron chi connectivity index (χ4n) is 1.34. The summed E-state index contributed by atoms with van der Waals surface area (Å²) in [5.74, 6) is 0.613. The van der Waals surface area contributed by atoms with Gasteiger partial charge in [0.1, 0.15) is 11.9 Å². The van der Waals surface area contributed by atoms with E-state index in [1.54, 1.807) is 12.3 Å². The highest BCUT2D eigenvalue weighted by Gasteiger charge is 2.07. The summed E-state index contributed by atoms with van der Waals surface area (Å²) < 4.78 is 11.2. The van der Waals surface area contributed by atoms with E-state index in [4.69, 9.17) is 5.26 Å². The van der Waals surface area contributed by atoms with E-state index in [9.17, 15) is 4.21 Å². The highest BCUT2D eigenvalue weighted by Crippen LogP contribution is 2.12. The minimum atomic E-state index is -0.805. The van der Waals surface area contributed by atoms with Crippen LogP contribution in [0.3, 0.4) is 0 Å². The van der Waals surface area contributed by atoms with E-state index in [1.165, 1.54) is 0 Å². The van der Waals surface area contributed by atoms with Gasteiger partial charge >= 0.3 is 0 Å². The zero-order valence-electron chi connectivity index (χ0n) is 10.4. The Kier molecular flexibility index (Phi) is 5.11. The molecule has 1 aromatic rings. The number of pyridine rings is 1. The number of hydrogen-bond donors (Lipinski definition) is 1. The van der Waals surface area contributed by atoms with E-state index in [0.29, 0.717) is 17.9 Å². The lowest BCUT2D eigenvalue weighted by Crippen LogP contribution is -2.15. The third-order valence-electron chi connectivity index (χ3n) is 2.56. The first-order valence-electron chi connectivity index (χ1n) is 5.48. The molecule has 2 unspecified atom stereocenters. The van der Waals surface area contributed by atoms with Crippen LogP contribution in [0.15, 0.2) is 12.1 Å². The van der Waals surface area contributed by atoms with Crippen molar-refractivity contribution < 1.29 is 4.21 Å². The van der Waals surface area contributed by atoms with E-state index in [-0.39, 0.29) is 5.25 Å². The first-order valence-corrected chi connectivity index (χ1v) is 7.10. The first-order chi connectivity index (χ1) is 8.04. The van der Waals surface area contributed by atoms with Crippen LogP contribution in [0.2, 0.25) is 0 Å². The van der Waals surface area contributed by atoms with Crippen molar-refractivity contribution in [2.24, 2.45) is 0 Å². The number of aryl methyl sites for hydroxylation is 1. The molecule has 0 aliphatic heterocycles. The molecule has 92 valence electrons. The Labute approximate surface area is 105 Å². The molecular weight excluding hydrogens is 234 g/mol. The Morgan fingerprint density at radius 3 is 2.88 bits per heavy atom. The molecule has 1 heterocycles. The molecular formula is C12H17N3OS. The van der Waals surface area contributed by atoms with Crippen LogP contribution in [0, 0.1) is 18.3 Å². The van der Waals surface area contributed by atoms with Gasteiger partial charge in [-0.1, -0.05) is 6.92 Å². The van der Waals surface area contributed by atoms with E-state index in [2.05, 4.69) is 16.4 Å². The Morgan fingerprint density at radius 1 is 1.59 bits per heavy atom. The van der Waals surface area contributed by atoms with Gasteiger partial charge in [-0.2, -0.15) is 5.26 Å². The average molecular weight is 251 g/mol. The van der Waals surface area contributed by atoms with Crippen molar-refractivity contribution in [3.63, 3.8) is 0 Å². The van der Waals surface area contributed by atoms with Crippen LogP contribution in [-0.4, -0.2) is 27.2 Å². The summed E-state index contributed by atoms with van der Waals surface area (Å²) in [5.41, 5.74) is 1.42. The normalized spacial score (nSPS) is 13.8. The minimum absolute atomic E-state index is 0.151. The zero-order chi connectivity index (χ0) is 12.8. The standard InChI is InChI=1S/C12H17N3OS/c1-9-4-5-11(8-13)12(15-9)14-7-6-10(2)17(3)16/h4-5,10H,6-7H2,1-3H3,(H,14,15). The first kappa shape index (κ1) is 13.7. The van der Waals surface area contributed by atoms with Crippen molar-refractivity contribution in [3.8, 4) is 6.07 Å². The van der Waals surface area contributed by atoms with Crippen molar-refractivity contribution in [3.05, 3.63) is 23.4 Å². The van der Waals surface area contributed by atoms with Gasteiger partial charge in [-0.25, -0.2) is 4.98 Å². The molecule has 5 heteroatoms. The van der Waals surface area contributed by atoms with Crippen LogP contribution >= 0.6 is 0 Å². The predicted molar refractivity (Wildman–Crippen MR) is 70.3 cm³/mol. The molecule has 0 aliphatic rings. The molecule has 0 aliphatic carbocycles. The summed E-state index contributed by atoms with van der Waals surface area (Å²) in [6, 6.07) is 5.67. The van der Waals surface area contributed by atoms with Gasteiger partial charge < -0.3 is 5.32 Å². The number of nitrogens with zero attached hydrogens (tertiary/aromatic N) is 2. The van der Waals surface area contributed by atoms with E-state index in [0.717, 1.165) is 12.1 Å². The number of rotatable bonds is 5. The predicted octanol–water partition coefficient (Wildman–Crippen LogP) is 1.83. The molecule has 0 fully saturated rings. The quantitative estimate of drug-likeness (QED) is 0.867. The molecule has 0 aromatic carbocycles. The molecule has 1 aromatic heterocycles. The average Bonchev–Trinajstić information content (AvgIpc) is 2.29. The molecule has 0 bridgehead atoms. The maximum Gasteiger partial charge on any atom is 0.144 e. The Balaban J connectivity index is 2.60. The number of anilines is 1. The second-order valence-electron chi connectivity index (χ2n) is 3.99. The van der Waals surface area contributed by atoms with Crippen molar-refractivity contribution in [2.45, 2.75) is 25.5 Å². The summed E-state index contributed by atoms with van der Waals surface area (Å²) in [6.07, 6.45) is 2.50. The van der Waals surface area contributed by atoms with Gasteiger partial charge in [-0.3, -0.25) is 4.21 Å². The number of aromatic nitrogens is 1. The third kappa shape index (κ3) is 4.16. The summed E-state index contributed by atoms with van der Waals surface area (Å²) in [4.78, 5) is 4.28.